The molecule has 0 atom stereocenters. The van der Waals surface area contributed by atoms with Gasteiger partial charge in [0.05, 0.1) is 47.6 Å². The molecule has 0 fully saturated rings. The third-order valence-electron chi connectivity index (χ3n) is 4.29. The average Bonchev–Trinajstić information content (AvgIpc) is 2.78. The Labute approximate surface area is 192 Å². The van der Waals surface area contributed by atoms with Crippen LogP contribution in [0.4, 0.5) is 22.7 Å². The number of amides is 2. The average molecular weight is 478 g/mol. The van der Waals surface area contributed by atoms with E-state index in [0.717, 1.165) is 0 Å². The van der Waals surface area contributed by atoms with Gasteiger partial charge in [0.2, 0.25) is 11.8 Å². The highest BCUT2D eigenvalue weighted by molar-refractivity contribution is 7.99. The summed E-state index contributed by atoms with van der Waals surface area (Å²) in [6.07, 6.45) is 0.338. The molecule has 0 spiro atoms. The molecule has 2 aromatic carbocycles. The number of anilines is 2. The van der Waals surface area contributed by atoms with Gasteiger partial charge in [-0.05, 0) is 12.1 Å². The Bertz CT molecular complexity index is 965. The number of hydrogen-bond donors (Lipinski definition) is 2. The fourth-order valence-corrected chi connectivity index (χ4v) is 3.51. The maximum absolute atomic E-state index is 12.1. The predicted molar refractivity (Wildman–Crippen MR) is 123 cm³/mol. The topological polar surface area (TPSA) is 163 Å². The summed E-state index contributed by atoms with van der Waals surface area (Å²) in [5.74, 6) is 0.682. The second-order valence-electron chi connectivity index (χ2n) is 6.49. The van der Waals surface area contributed by atoms with Gasteiger partial charge in [-0.3, -0.25) is 29.8 Å². The molecule has 0 aliphatic carbocycles. The lowest BCUT2D eigenvalue weighted by molar-refractivity contribution is -0.385. The molecule has 0 radical (unpaired) electrons. The van der Waals surface area contributed by atoms with Crippen molar-refractivity contribution in [3.05, 3.63) is 56.6 Å². The molecule has 2 amide bonds. The first-order valence-corrected chi connectivity index (χ1v) is 10.7. The van der Waals surface area contributed by atoms with Gasteiger partial charge in [-0.1, -0.05) is 0 Å². The summed E-state index contributed by atoms with van der Waals surface area (Å²) < 4.78 is 10.2. The smallest absolute Gasteiger partial charge is 0.273 e. The van der Waals surface area contributed by atoms with Crippen molar-refractivity contribution < 1.29 is 28.9 Å². The molecule has 0 saturated heterocycles. The summed E-state index contributed by atoms with van der Waals surface area (Å²) in [4.78, 5) is 44.8. The van der Waals surface area contributed by atoms with Crippen LogP contribution in [0.2, 0.25) is 0 Å². The monoisotopic (exact) mass is 478 g/mol. The van der Waals surface area contributed by atoms with E-state index in [4.69, 9.17) is 9.47 Å². The van der Waals surface area contributed by atoms with Crippen LogP contribution in [0.25, 0.3) is 0 Å². The van der Waals surface area contributed by atoms with Gasteiger partial charge in [0.1, 0.15) is 11.5 Å². The molecule has 33 heavy (non-hydrogen) atoms. The van der Waals surface area contributed by atoms with Crippen molar-refractivity contribution in [1.82, 2.24) is 0 Å². The minimum atomic E-state index is -0.557. The lowest BCUT2D eigenvalue weighted by Gasteiger charge is -2.10. The van der Waals surface area contributed by atoms with Gasteiger partial charge >= 0.3 is 0 Å². The van der Waals surface area contributed by atoms with Crippen molar-refractivity contribution in [3.63, 3.8) is 0 Å². The summed E-state index contributed by atoms with van der Waals surface area (Å²) in [7, 11) is 2.70. The molecule has 2 aromatic rings. The largest absolute Gasteiger partial charge is 0.494 e. The van der Waals surface area contributed by atoms with Crippen molar-refractivity contribution in [3.8, 4) is 11.5 Å². The minimum absolute atomic E-state index is 0.148. The summed E-state index contributed by atoms with van der Waals surface area (Å²) >= 11 is 1.40. The number of carbonyl (C=O) groups excluding carboxylic acids is 2. The Morgan fingerprint density at radius 3 is 1.55 bits per heavy atom. The van der Waals surface area contributed by atoms with Gasteiger partial charge in [-0.25, -0.2) is 0 Å². The number of carbonyl (C=O) groups is 2. The van der Waals surface area contributed by atoms with Crippen LogP contribution in [0.1, 0.15) is 12.8 Å². The van der Waals surface area contributed by atoms with E-state index < -0.39 is 9.85 Å². The Morgan fingerprint density at radius 2 is 1.21 bits per heavy atom. The summed E-state index contributed by atoms with van der Waals surface area (Å²) in [6, 6.07) is 7.79. The fraction of sp³-hybridized carbons (Fsp3) is 0.300. The van der Waals surface area contributed by atoms with E-state index >= 15 is 0 Å². The second-order valence-corrected chi connectivity index (χ2v) is 7.72. The highest BCUT2D eigenvalue weighted by Crippen LogP contribution is 2.30. The Balaban J connectivity index is 1.75. The van der Waals surface area contributed by atoms with Crippen LogP contribution in [-0.4, -0.2) is 47.4 Å². The van der Waals surface area contributed by atoms with Crippen LogP contribution in [0, 0.1) is 20.2 Å². The fourth-order valence-electron chi connectivity index (χ4n) is 2.65. The van der Waals surface area contributed by atoms with Crippen molar-refractivity contribution in [2.24, 2.45) is 0 Å². The lowest BCUT2D eigenvalue weighted by atomic mass is 10.2. The number of ether oxygens (including phenoxy) is 2. The molecule has 0 aliphatic rings. The number of nitrogens with zero attached hydrogens (tertiary/aromatic N) is 2. The lowest BCUT2D eigenvalue weighted by Crippen LogP contribution is -2.14. The van der Waals surface area contributed by atoms with Gasteiger partial charge in [0, 0.05) is 36.5 Å². The molecular weight excluding hydrogens is 456 g/mol. The van der Waals surface area contributed by atoms with Crippen LogP contribution in [0.3, 0.4) is 0 Å². The van der Waals surface area contributed by atoms with Gasteiger partial charge in [0.25, 0.3) is 11.4 Å². The number of methoxy groups -OCH3 is 2. The quantitative estimate of drug-likeness (QED) is 0.263. The van der Waals surface area contributed by atoms with E-state index in [2.05, 4.69) is 10.6 Å². The Kier molecular flexibility index (Phi) is 9.42. The number of nitro groups is 2. The number of hydrogen-bond acceptors (Lipinski definition) is 9. The first kappa shape index (κ1) is 25.4. The van der Waals surface area contributed by atoms with Crippen LogP contribution in [-0.2, 0) is 9.59 Å². The number of benzene rings is 2. The van der Waals surface area contributed by atoms with Gasteiger partial charge in [0.15, 0.2) is 0 Å². The van der Waals surface area contributed by atoms with E-state index in [-0.39, 0.29) is 47.5 Å². The molecule has 176 valence electrons. The zero-order valence-electron chi connectivity index (χ0n) is 17.9. The highest BCUT2D eigenvalue weighted by atomic mass is 32.2. The van der Waals surface area contributed by atoms with Crippen molar-refractivity contribution in [2.45, 2.75) is 12.8 Å². The minimum Gasteiger partial charge on any atom is -0.494 e. The Morgan fingerprint density at radius 1 is 0.818 bits per heavy atom. The second kappa shape index (κ2) is 12.2. The first-order valence-electron chi connectivity index (χ1n) is 9.57. The summed E-state index contributed by atoms with van der Waals surface area (Å²) in [6.45, 7) is 0. The number of nitro benzene ring substituents is 2. The van der Waals surface area contributed by atoms with E-state index in [1.807, 2.05) is 0 Å². The SMILES string of the molecule is COc1cc([N+](=O)[O-])ccc1NC(=O)CCSCCC(=O)Nc1ccc([N+](=O)[O-])cc1OC. The van der Waals surface area contributed by atoms with E-state index in [9.17, 15) is 29.8 Å². The van der Waals surface area contributed by atoms with Crippen molar-refractivity contribution in [1.29, 1.82) is 0 Å². The molecule has 0 saturated carbocycles. The number of nitrogens with one attached hydrogen (secondary N) is 2. The molecule has 2 rings (SSSR count). The van der Waals surface area contributed by atoms with Crippen LogP contribution >= 0.6 is 11.8 Å². The van der Waals surface area contributed by atoms with Crippen LogP contribution in [0.5, 0.6) is 11.5 Å². The van der Waals surface area contributed by atoms with Crippen molar-refractivity contribution >= 4 is 46.3 Å². The van der Waals surface area contributed by atoms with Gasteiger partial charge < -0.3 is 20.1 Å². The first-order chi connectivity index (χ1) is 15.7. The predicted octanol–water partition coefficient (Wildman–Crippen LogP) is 3.61. The number of thioether (sulfide) groups is 1. The molecule has 12 nitrogen and oxygen atoms in total. The van der Waals surface area contributed by atoms with Crippen molar-refractivity contribution in [2.75, 3.05) is 36.4 Å². The Hall–Kier alpha value is -3.87. The standard InChI is InChI=1S/C20H22N4O8S/c1-31-17-11-13(23(27)28)3-5-15(17)21-19(25)7-9-33-10-8-20(26)22-16-6-4-14(24(29)30)12-18(16)32-2/h3-6,11-12H,7-10H2,1-2H3,(H,21,25)(H,22,26). The van der Waals surface area contributed by atoms with E-state index in [0.29, 0.717) is 22.9 Å². The molecule has 0 unspecified atom stereocenters. The summed E-state index contributed by atoms with van der Waals surface area (Å²) in [5.41, 5.74) is 0.360. The zero-order valence-corrected chi connectivity index (χ0v) is 18.7. The third kappa shape index (κ3) is 7.64. The molecule has 0 heterocycles. The highest BCUT2D eigenvalue weighted by Gasteiger charge is 2.15. The molecular formula is C20H22N4O8S. The zero-order chi connectivity index (χ0) is 24.4. The van der Waals surface area contributed by atoms with Crippen LogP contribution in [0.15, 0.2) is 36.4 Å². The number of rotatable bonds is 12. The van der Waals surface area contributed by atoms with Crippen LogP contribution < -0.4 is 20.1 Å². The molecule has 0 aromatic heterocycles. The van der Waals surface area contributed by atoms with E-state index in [1.165, 1.54) is 62.4 Å². The maximum atomic E-state index is 12.1. The molecule has 2 N–H and O–H groups in total. The third-order valence-corrected chi connectivity index (χ3v) is 5.27. The maximum Gasteiger partial charge on any atom is 0.273 e. The van der Waals surface area contributed by atoms with Gasteiger partial charge in [-0.2, -0.15) is 11.8 Å². The van der Waals surface area contributed by atoms with E-state index in [1.54, 1.807) is 0 Å². The molecule has 0 bridgehead atoms. The normalized spacial score (nSPS) is 10.2. The molecule has 0 aliphatic heterocycles. The van der Waals surface area contributed by atoms with Gasteiger partial charge in [-0.15, -0.1) is 0 Å². The molecule has 13 heteroatoms. The summed E-state index contributed by atoms with van der Waals surface area (Å²) in [5, 5.41) is 26.9. The number of non-ortho nitro benzene ring substituents is 2.